The van der Waals surface area contributed by atoms with Crippen molar-refractivity contribution in [2.45, 2.75) is 31.3 Å². The molecule has 0 spiro atoms. The van der Waals surface area contributed by atoms with Crippen LogP contribution in [0.15, 0.2) is 36.4 Å². The third-order valence-corrected chi connectivity index (χ3v) is 3.91. The largest absolute Gasteiger partial charge is 0.394 e. The number of aromatic nitrogens is 1. The van der Waals surface area contributed by atoms with E-state index < -0.39 is 0 Å². The smallest absolute Gasteiger partial charge is 0.0705 e. The summed E-state index contributed by atoms with van der Waals surface area (Å²) in [5.74, 6) is 0. The number of para-hydroxylation sites is 1. The van der Waals surface area contributed by atoms with Gasteiger partial charge in [0.1, 0.15) is 0 Å². The van der Waals surface area contributed by atoms with Crippen molar-refractivity contribution in [3.8, 4) is 0 Å². The summed E-state index contributed by atoms with van der Waals surface area (Å²) in [5.41, 5.74) is 2.02. The number of hydrogen-bond acceptors (Lipinski definition) is 3. The lowest BCUT2D eigenvalue weighted by atomic mass is 9.77. The van der Waals surface area contributed by atoms with E-state index >= 15 is 0 Å². The molecule has 1 aliphatic rings. The average molecular weight is 242 g/mol. The molecule has 0 radical (unpaired) electrons. The highest BCUT2D eigenvalue weighted by molar-refractivity contribution is 5.78. The molecule has 1 heterocycles. The zero-order valence-corrected chi connectivity index (χ0v) is 10.4. The number of pyridine rings is 1. The molecule has 1 aromatic heterocycles. The van der Waals surface area contributed by atoms with E-state index in [1.165, 1.54) is 11.8 Å². The molecule has 0 saturated heterocycles. The molecule has 2 N–H and O–H groups in total. The molecule has 1 aliphatic carbocycles. The van der Waals surface area contributed by atoms with Gasteiger partial charge < -0.3 is 10.4 Å². The molecule has 2 aromatic rings. The molecular formula is C15H18N2O. The third kappa shape index (κ3) is 2.11. The van der Waals surface area contributed by atoms with Crippen molar-refractivity contribution in [2.24, 2.45) is 0 Å². The maximum absolute atomic E-state index is 9.40. The van der Waals surface area contributed by atoms with E-state index in [0.29, 0.717) is 0 Å². The van der Waals surface area contributed by atoms with E-state index in [9.17, 15) is 5.11 Å². The van der Waals surface area contributed by atoms with Gasteiger partial charge >= 0.3 is 0 Å². The van der Waals surface area contributed by atoms with Crippen molar-refractivity contribution in [2.75, 3.05) is 6.61 Å². The molecule has 3 heteroatoms. The van der Waals surface area contributed by atoms with Crippen molar-refractivity contribution in [1.82, 2.24) is 10.3 Å². The summed E-state index contributed by atoms with van der Waals surface area (Å²) in [6.45, 7) is 0.950. The number of nitrogens with one attached hydrogen (secondary N) is 1. The lowest BCUT2D eigenvalue weighted by molar-refractivity contribution is 0.0869. The monoisotopic (exact) mass is 242 g/mol. The van der Waals surface area contributed by atoms with Crippen LogP contribution in [0, 0.1) is 0 Å². The predicted molar refractivity (Wildman–Crippen MR) is 72.3 cm³/mol. The van der Waals surface area contributed by atoms with Crippen LogP contribution in [-0.4, -0.2) is 22.2 Å². The number of nitrogens with zero attached hydrogens (tertiary/aromatic N) is 1. The summed E-state index contributed by atoms with van der Waals surface area (Å²) >= 11 is 0. The van der Waals surface area contributed by atoms with Gasteiger partial charge in [-0.25, -0.2) is 0 Å². The van der Waals surface area contributed by atoms with Gasteiger partial charge in [-0.1, -0.05) is 24.3 Å². The van der Waals surface area contributed by atoms with Crippen LogP contribution in [-0.2, 0) is 6.54 Å². The van der Waals surface area contributed by atoms with Crippen LogP contribution in [0.2, 0.25) is 0 Å². The molecule has 3 rings (SSSR count). The lowest BCUT2D eigenvalue weighted by Gasteiger charge is -2.41. The van der Waals surface area contributed by atoms with Crippen molar-refractivity contribution in [3.05, 3.63) is 42.1 Å². The van der Waals surface area contributed by atoms with Crippen LogP contribution in [0.25, 0.3) is 10.9 Å². The zero-order chi connectivity index (χ0) is 12.4. The Balaban J connectivity index is 1.74. The maximum Gasteiger partial charge on any atom is 0.0705 e. The molecule has 1 saturated carbocycles. The van der Waals surface area contributed by atoms with Crippen LogP contribution in [0.5, 0.6) is 0 Å². The predicted octanol–water partition coefficient (Wildman–Crippen LogP) is 2.24. The fourth-order valence-electron chi connectivity index (χ4n) is 2.48. The number of aliphatic hydroxyl groups excluding tert-OH is 1. The minimum Gasteiger partial charge on any atom is -0.394 e. The Labute approximate surface area is 107 Å². The van der Waals surface area contributed by atoms with Crippen LogP contribution < -0.4 is 5.32 Å². The Morgan fingerprint density at radius 1 is 1.17 bits per heavy atom. The standard InChI is InChI=1S/C15H18N2O/c18-11-15(8-3-9-15)16-10-13-7-6-12-4-1-2-5-14(12)17-13/h1-2,4-7,16,18H,3,8-11H2. The summed E-state index contributed by atoms with van der Waals surface area (Å²) < 4.78 is 0. The molecule has 0 bridgehead atoms. The molecule has 0 unspecified atom stereocenters. The molecule has 0 aliphatic heterocycles. The van der Waals surface area contributed by atoms with Crippen LogP contribution >= 0.6 is 0 Å². The average Bonchev–Trinajstić information content (AvgIpc) is 2.38. The highest BCUT2D eigenvalue weighted by atomic mass is 16.3. The summed E-state index contributed by atoms with van der Waals surface area (Å²) in [5, 5.41) is 14.0. The molecule has 0 atom stereocenters. The quantitative estimate of drug-likeness (QED) is 0.864. The second-order valence-electron chi connectivity index (χ2n) is 5.14. The summed E-state index contributed by atoms with van der Waals surface area (Å²) in [4.78, 5) is 4.63. The van der Waals surface area contributed by atoms with Gasteiger partial charge in [0, 0.05) is 17.5 Å². The third-order valence-electron chi connectivity index (χ3n) is 3.91. The van der Waals surface area contributed by atoms with Crippen molar-refractivity contribution in [1.29, 1.82) is 0 Å². The number of aliphatic hydroxyl groups is 1. The first kappa shape index (κ1) is 11.6. The Morgan fingerprint density at radius 2 is 2.00 bits per heavy atom. The topological polar surface area (TPSA) is 45.1 Å². The van der Waals surface area contributed by atoms with Gasteiger partial charge in [0.25, 0.3) is 0 Å². The van der Waals surface area contributed by atoms with Gasteiger partial charge in [0.05, 0.1) is 17.8 Å². The van der Waals surface area contributed by atoms with Gasteiger partial charge in [-0.05, 0) is 31.4 Å². The molecule has 18 heavy (non-hydrogen) atoms. The van der Waals surface area contributed by atoms with E-state index in [1.54, 1.807) is 0 Å². The van der Waals surface area contributed by atoms with Gasteiger partial charge in [0.15, 0.2) is 0 Å². The van der Waals surface area contributed by atoms with E-state index in [2.05, 4.69) is 28.5 Å². The minimum absolute atomic E-state index is 0.0483. The minimum atomic E-state index is -0.0483. The Bertz CT molecular complexity index is 543. The first-order valence-corrected chi connectivity index (χ1v) is 6.52. The Kier molecular flexibility index (Phi) is 3.02. The van der Waals surface area contributed by atoms with E-state index in [4.69, 9.17) is 0 Å². The summed E-state index contributed by atoms with van der Waals surface area (Å²) in [6, 6.07) is 12.3. The van der Waals surface area contributed by atoms with Gasteiger partial charge in [-0.2, -0.15) is 0 Å². The molecule has 0 amide bonds. The SMILES string of the molecule is OCC1(NCc2ccc3ccccc3n2)CCC1. The van der Waals surface area contributed by atoms with E-state index in [0.717, 1.165) is 30.6 Å². The normalized spacial score (nSPS) is 17.6. The highest BCUT2D eigenvalue weighted by Crippen LogP contribution is 2.31. The zero-order valence-electron chi connectivity index (χ0n) is 10.4. The first-order valence-electron chi connectivity index (χ1n) is 6.52. The fraction of sp³-hybridized carbons (Fsp3) is 0.400. The number of rotatable bonds is 4. The Morgan fingerprint density at radius 3 is 2.72 bits per heavy atom. The fourth-order valence-corrected chi connectivity index (χ4v) is 2.48. The van der Waals surface area contributed by atoms with Gasteiger partial charge in [0.2, 0.25) is 0 Å². The Hall–Kier alpha value is -1.45. The van der Waals surface area contributed by atoms with Gasteiger partial charge in [-0.15, -0.1) is 0 Å². The van der Waals surface area contributed by atoms with Crippen LogP contribution in [0.3, 0.4) is 0 Å². The number of benzene rings is 1. The molecule has 3 nitrogen and oxygen atoms in total. The molecule has 1 fully saturated rings. The summed E-state index contributed by atoms with van der Waals surface area (Å²) in [7, 11) is 0. The van der Waals surface area contributed by atoms with Crippen LogP contribution in [0.4, 0.5) is 0 Å². The number of hydrogen-bond donors (Lipinski definition) is 2. The van der Waals surface area contributed by atoms with Crippen molar-refractivity contribution in [3.63, 3.8) is 0 Å². The maximum atomic E-state index is 9.40. The second-order valence-corrected chi connectivity index (χ2v) is 5.14. The van der Waals surface area contributed by atoms with Crippen molar-refractivity contribution < 1.29 is 5.11 Å². The first-order chi connectivity index (χ1) is 8.81. The van der Waals surface area contributed by atoms with Crippen molar-refractivity contribution >= 4 is 10.9 Å². The lowest BCUT2D eigenvalue weighted by Crippen LogP contribution is -2.53. The second kappa shape index (κ2) is 4.67. The van der Waals surface area contributed by atoms with E-state index in [-0.39, 0.29) is 12.1 Å². The van der Waals surface area contributed by atoms with Crippen LogP contribution in [0.1, 0.15) is 25.0 Å². The highest BCUT2D eigenvalue weighted by Gasteiger charge is 2.35. The van der Waals surface area contributed by atoms with E-state index in [1.807, 2.05) is 18.2 Å². The van der Waals surface area contributed by atoms with Gasteiger partial charge in [-0.3, -0.25) is 4.98 Å². The number of fused-ring (bicyclic) bond motifs is 1. The molecular weight excluding hydrogens is 224 g/mol. The molecule has 1 aromatic carbocycles. The summed E-state index contributed by atoms with van der Waals surface area (Å²) in [6.07, 6.45) is 3.34. The molecule has 94 valence electrons.